The maximum Gasteiger partial charge on any atom is 0.263 e. The van der Waals surface area contributed by atoms with Gasteiger partial charge in [0.1, 0.15) is 11.6 Å². The minimum absolute atomic E-state index is 0.0265. The largest absolute Gasteiger partial charge is 0.483 e. The monoisotopic (exact) mass is 270 g/mol. The summed E-state index contributed by atoms with van der Waals surface area (Å²) in [7, 11) is 0. The van der Waals surface area contributed by atoms with Crippen LogP contribution in [0, 0.1) is 20.8 Å². The number of amides is 1. The fourth-order valence-corrected chi connectivity index (χ4v) is 2.15. The van der Waals surface area contributed by atoms with Gasteiger partial charge in [0.25, 0.3) is 5.91 Å². The fraction of sp³-hybridized carbons (Fsp3) is 0.250. The minimum atomic E-state index is -0.219. The van der Waals surface area contributed by atoms with Crippen molar-refractivity contribution < 1.29 is 9.53 Å². The molecule has 0 radical (unpaired) electrons. The van der Waals surface area contributed by atoms with Gasteiger partial charge in [-0.1, -0.05) is 23.8 Å². The third kappa shape index (κ3) is 3.57. The van der Waals surface area contributed by atoms with E-state index in [1.54, 1.807) is 18.3 Å². The Kier molecular flexibility index (Phi) is 4.35. The molecule has 0 bridgehead atoms. The van der Waals surface area contributed by atoms with E-state index in [1.807, 2.05) is 39.0 Å². The van der Waals surface area contributed by atoms with Gasteiger partial charge in [0.2, 0.25) is 0 Å². The molecule has 1 aromatic carbocycles. The molecule has 2 aromatic rings. The summed E-state index contributed by atoms with van der Waals surface area (Å²) in [5.74, 6) is 1.08. The van der Waals surface area contributed by atoms with Crippen LogP contribution in [0.4, 0.5) is 5.82 Å². The highest BCUT2D eigenvalue weighted by atomic mass is 16.5. The van der Waals surface area contributed by atoms with Crippen molar-refractivity contribution in [2.75, 3.05) is 11.9 Å². The van der Waals surface area contributed by atoms with Gasteiger partial charge >= 0.3 is 0 Å². The first kappa shape index (κ1) is 14.1. The zero-order chi connectivity index (χ0) is 14.5. The van der Waals surface area contributed by atoms with Crippen molar-refractivity contribution in [1.82, 2.24) is 4.98 Å². The third-order valence-electron chi connectivity index (χ3n) is 2.88. The first-order chi connectivity index (χ1) is 9.56. The summed E-state index contributed by atoms with van der Waals surface area (Å²) in [5.41, 5.74) is 3.26. The van der Waals surface area contributed by atoms with Crippen molar-refractivity contribution >= 4 is 11.7 Å². The molecule has 0 aliphatic carbocycles. The zero-order valence-electron chi connectivity index (χ0n) is 11.9. The molecule has 0 aliphatic heterocycles. The van der Waals surface area contributed by atoms with Crippen LogP contribution in [-0.4, -0.2) is 17.5 Å². The molecule has 104 valence electrons. The Morgan fingerprint density at radius 3 is 2.50 bits per heavy atom. The minimum Gasteiger partial charge on any atom is -0.483 e. The van der Waals surface area contributed by atoms with Crippen molar-refractivity contribution in [3.8, 4) is 5.75 Å². The molecule has 1 N–H and O–H groups in total. The number of benzene rings is 1. The maximum atomic E-state index is 11.8. The van der Waals surface area contributed by atoms with Crippen LogP contribution in [0.15, 0.2) is 36.5 Å². The second-order valence-corrected chi connectivity index (χ2v) is 4.78. The molecular formula is C16H18N2O2. The van der Waals surface area contributed by atoms with Gasteiger partial charge in [-0.05, 0) is 44.0 Å². The highest BCUT2D eigenvalue weighted by Crippen LogP contribution is 2.24. The van der Waals surface area contributed by atoms with E-state index in [-0.39, 0.29) is 12.5 Å². The molecule has 20 heavy (non-hydrogen) atoms. The highest BCUT2D eigenvalue weighted by molar-refractivity contribution is 5.90. The molecule has 0 spiro atoms. The Labute approximate surface area is 118 Å². The SMILES string of the molecule is Cc1cc(C)c(OCC(=O)Nc2ccccn2)c(C)c1. The van der Waals surface area contributed by atoms with Crippen LogP contribution in [0.5, 0.6) is 5.75 Å². The number of hydrogen-bond donors (Lipinski definition) is 1. The number of pyridine rings is 1. The van der Waals surface area contributed by atoms with Gasteiger partial charge in [-0.3, -0.25) is 4.79 Å². The molecule has 0 fully saturated rings. The van der Waals surface area contributed by atoms with Crippen LogP contribution in [0.3, 0.4) is 0 Å². The molecule has 2 rings (SSSR count). The Balaban J connectivity index is 1.97. The lowest BCUT2D eigenvalue weighted by Gasteiger charge is -2.12. The molecule has 1 heterocycles. The number of hydrogen-bond acceptors (Lipinski definition) is 3. The molecule has 1 amide bonds. The van der Waals surface area contributed by atoms with Gasteiger partial charge in [0.15, 0.2) is 6.61 Å². The number of anilines is 1. The highest BCUT2D eigenvalue weighted by Gasteiger charge is 2.08. The summed E-state index contributed by atoms with van der Waals surface area (Å²) in [6.07, 6.45) is 1.63. The number of carbonyl (C=O) groups is 1. The Morgan fingerprint density at radius 1 is 1.20 bits per heavy atom. The summed E-state index contributed by atoms with van der Waals surface area (Å²) in [5, 5.41) is 2.69. The predicted molar refractivity (Wildman–Crippen MR) is 79.0 cm³/mol. The number of aryl methyl sites for hydroxylation is 3. The Bertz CT molecular complexity index is 586. The third-order valence-corrected chi connectivity index (χ3v) is 2.88. The molecular weight excluding hydrogens is 252 g/mol. The van der Waals surface area contributed by atoms with Crippen LogP contribution in [-0.2, 0) is 4.79 Å². The maximum absolute atomic E-state index is 11.8. The number of aromatic nitrogens is 1. The molecule has 4 nitrogen and oxygen atoms in total. The Hall–Kier alpha value is -2.36. The quantitative estimate of drug-likeness (QED) is 0.929. The summed E-state index contributed by atoms with van der Waals surface area (Å²) >= 11 is 0. The number of carbonyl (C=O) groups excluding carboxylic acids is 1. The van der Waals surface area contributed by atoms with Gasteiger partial charge in [-0.15, -0.1) is 0 Å². The first-order valence-corrected chi connectivity index (χ1v) is 6.48. The smallest absolute Gasteiger partial charge is 0.263 e. The second kappa shape index (κ2) is 6.19. The molecule has 0 saturated heterocycles. The lowest BCUT2D eigenvalue weighted by Crippen LogP contribution is -2.21. The van der Waals surface area contributed by atoms with Crippen molar-refractivity contribution in [3.05, 3.63) is 53.2 Å². The average Bonchev–Trinajstić information content (AvgIpc) is 2.38. The second-order valence-electron chi connectivity index (χ2n) is 4.78. The van der Waals surface area contributed by atoms with E-state index in [2.05, 4.69) is 10.3 Å². The van der Waals surface area contributed by atoms with Gasteiger partial charge in [-0.2, -0.15) is 0 Å². The van der Waals surface area contributed by atoms with Gasteiger partial charge < -0.3 is 10.1 Å². The summed E-state index contributed by atoms with van der Waals surface area (Å²) < 4.78 is 5.62. The zero-order valence-corrected chi connectivity index (χ0v) is 11.9. The number of rotatable bonds is 4. The Morgan fingerprint density at radius 2 is 1.90 bits per heavy atom. The normalized spacial score (nSPS) is 10.2. The van der Waals surface area contributed by atoms with Crippen LogP contribution in [0.25, 0.3) is 0 Å². The van der Waals surface area contributed by atoms with Crippen molar-refractivity contribution in [3.63, 3.8) is 0 Å². The lowest BCUT2D eigenvalue weighted by atomic mass is 10.1. The van der Waals surface area contributed by atoms with Crippen molar-refractivity contribution in [2.24, 2.45) is 0 Å². The number of nitrogens with one attached hydrogen (secondary N) is 1. The van der Waals surface area contributed by atoms with Crippen molar-refractivity contribution in [1.29, 1.82) is 0 Å². The molecule has 1 aromatic heterocycles. The van der Waals surface area contributed by atoms with Gasteiger partial charge in [-0.25, -0.2) is 4.98 Å². The van der Waals surface area contributed by atoms with Crippen LogP contribution < -0.4 is 10.1 Å². The van der Waals surface area contributed by atoms with E-state index in [9.17, 15) is 4.79 Å². The predicted octanol–water partition coefficient (Wildman–Crippen LogP) is 3.02. The van der Waals surface area contributed by atoms with E-state index in [4.69, 9.17) is 4.74 Å². The fourth-order valence-electron chi connectivity index (χ4n) is 2.15. The number of ether oxygens (including phenoxy) is 1. The van der Waals surface area contributed by atoms with Crippen LogP contribution in [0.2, 0.25) is 0 Å². The van der Waals surface area contributed by atoms with Crippen LogP contribution >= 0.6 is 0 Å². The van der Waals surface area contributed by atoms with Gasteiger partial charge in [0, 0.05) is 6.20 Å². The summed E-state index contributed by atoms with van der Waals surface area (Å²) in [6, 6.07) is 9.43. The van der Waals surface area contributed by atoms with E-state index >= 15 is 0 Å². The van der Waals surface area contributed by atoms with E-state index in [1.165, 1.54) is 5.56 Å². The summed E-state index contributed by atoms with van der Waals surface area (Å²) in [4.78, 5) is 15.8. The summed E-state index contributed by atoms with van der Waals surface area (Å²) in [6.45, 7) is 5.97. The molecule has 4 heteroatoms. The standard InChI is InChI=1S/C16H18N2O2/c1-11-8-12(2)16(13(3)9-11)20-10-15(19)18-14-6-4-5-7-17-14/h4-9H,10H2,1-3H3,(H,17,18,19). The van der Waals surface area contributed by atoms with Crippen LogP contribution in [0.1, 0.15) is 16.7 Å². The first-order valence-electron chi connectivity index (χ1n) is 6.48. The van der Waals surface area contributed by atoms with E-state index in [0.29, 0.717) is 5.82 Å². The van der Waals surface area contributed by atoms with E-state index in [0.717, 1.165) is 16.9 Å². The number of nitrogens with zero attached hydrogens (tertiary/aromatic N) is 1. The van der Waals surface area contributed by atoms with E-state index < -0.39 is 0 Å². The molecule has 0 unspecified atom stereocenters. The molecule has 0 aliphatic rings. The molecule has 0 saturated carbocycles. The topological polar surface area (TPSA) is 51.2 Å². The molecule has 0 atom stereocenters. The lowest BCUT2D eigenvalue weighted by molar-refractivity contribution is -0.118. The average molecular weight is 270 g/mol. The van der Waals surface area contributed by atoms with Gasteiger partial charge in [0.05, 0.1) is 0 Å². The van der Waals surface area contributed by atoms with Crippen molar-refractivity contribution in [2.45, 2.75) is 20.8 Å².